The van der Waals surface area contributed by atoms with Crippen LogP contribution < -0.4 is 0 Å². The summed E-state index contributed by atoms with van der Waals surface area (Å²) in [7, 11) is 0. The zero-order valence-electron chi connectivity index (χ0n) is 18.2. The Balaban J connectivity index is 1.35. The predicted molar refractivity (Wildman–Crippen MR) is 128 cm³/mol. The molecule has 1 fully saturated rings. The van der Waals surface area contributed by atoms with Crippen molar-refractivity contribution in [3.63, 3.8) is 0 Å². The fourth-order valence-corrected chi connectivity index (χ4v) is 4.51. The van der Waals surface area contributed by atoms with Gasteiger partial charge in [0, 0.05) is 30.9 Å². The summed E-state index contributed by atoms with van der Waals surface area (Å²) in [5.41, 5.74) is 4.86. The van der Waals surface area contributed by atoms with E-state index in [0.29, 0.717) is 19.0 Å². The van der Waals surface area contributed by atoms with Crippen LogP contribution in [0.3, 0.4) is 0 Å². The Morgan fingerprint density at radius 2 is 1.38 bits per heavy atom. The Kier molecular flexibility index (Phi) is 5.89. The molecule has 0 unspecified atom stereocenters. The van der Waals surface area contributed by atoms with Crippen LogP contribution in [-0.2, 0) is 24.4 Å². The molecule has 1 aliphatic rings. The van der Waals surface area contributed by atoms with Gasteiger partial charge in [-0.25, -0.2) is 0 Å². The molecule has 3 heteroatoms. The fraction of sp³-hybridized carbons (Fsp3) is 0.207. The molecule has 0 N–H and O–H groups in total. The summed E-state index contributed by atoms with van der Waals surface area (Å²) in [5, 5.41) is 0. The number of amides is 1. The number of nitrogens with zero attached hydrogens (tertiary/aromatic N) is 2. The van der Waals surface area contributed by atoms with Crippen LogP contribution in [0, 0.1) is 5.92 Å². The van der Waals surface area contributed by atoms with Crippen LogP contribution in [0.5, 0.6) is 0 Å². The van der Waals surface area contributed by atoms with Crippen molar-refractivity contribution < 1.29 is 4.79 Å². The summed E-state index contributed by atoms with van der Waals surface area (Å²) in [6.07, 6.45) is 3.05. The zero-order valence-corrected chi connectivity index (χ0v) is 18.2. The summed E-state index contributed by atoms with van der Waals surface area (Å²) >= 11 is 0. The van der Waals surface area contributed by atoms with Crippen LogP contribution in [-0.4, -0.2) is 15.4 Å². The van der Waals surface area contributed by atoms with Gasteiger partial charge in [0.1, 0.15) is 0 Å². The Morgan fingerprint density at radius 1 is 0.750 bits per heavy atom. The molecule has 0 aliphatic heterocycles. The first-order chi connectivity index (χ1) is 15.8. The minimum atomic E-state index is 0.0821. The van der Waals surface area contributed by atoms with E-state index in [2.05, 4.69) is 83.6 Å². The minimum Gasteiger partial charge on any atom is -0.345 e. The molecule has 0 spiro atoms. The van der Waals surface area contributed by atoms with Gasteiger partial charge in [-0.2, -0.15) is 0 Å². The number of hydrogen-bond acceptors (Lipinski definition) is 1. The molecule has 0 saturated heterocycles. The SMILES string of the molecule is O=C([C@H]1C[C@H]1c1ccccc1)N(Cc1ccccc1)Cc1cccn1Cc1ccccc1. The summed E-state index contributed by atoms with van der Waals surface area (Å²) in [6.45, 7) is 2.06. The van der Waals surface area contributed by atoms with Crippen molar-refractivity contribution in [2.45, 2.75) is 32.0 Å². The summed E-state index contributed by atoms with van der Waals surface area (Å²) in [6, 6.07) is 35.4. The third-order valence-corrected chi connectivity index (χ3v) is 6.34. The number of carbonyl (C=O) groups is 1. The van der Waals surface area contributed by atoms with Gasteiger partial charge in [0.2, 0.25) is 5.91 Å². The number of rotatable bonds is 8. The molecule has 0 bridgehead atoms. The highest BCUT2D eigenvalue weighted by molar-refractivity contribution is 5.83. The number of hydrogen-bond donors (Lipinski definition) is 0. The van der Waals surface area contributed by atoms with Gasteiger partial charge in [-0.15, -0.1) is 0 Å². The second-order valence-electron chi connectivity index (χ2n) is 8.65. The van der Waals surface area contributed by atoms with Crippen molar-refractivity contribution in [1.29, 1.82) is 0 Å². The maximum Gasteiger partial charge on any atom is 0.226 e. The maximum absolute atomic E-state index is 13.6. The van der Waals surface area contributed by atoms with Crippen LogP contribution in [0.1, 0.15) is 34.7 Å². The molecular formula is C29H28N2O. The molecular weight excluding hydrogens is 392 g/mol. The van der Waals surface area contributed by atoms with E-state index in [1.54, 1.807) is 0 Å². The molecule has 160 valence electrons. The summed E-state index contributed by atoms with van der Waals surface area (Å²) in [4.78, 5) is 15.6. The molecule has 3 aromatic carbocycles. The normalized spacial score (nSPS) is 17.1. The number of aromatic nitrogens is 1. The number of carbonyl (C=O) groups excluding carboxylic acids is 1. The molecule has 3 nitrogen and oxygen atoms in total. The van der Waals surface area contributed by atoms with Crippen molar-refractivity contribution in [1.82, 2.24) is 9.47 Å². The Morgan fingerprint density at radius 3 is 2.06 bits per heavy atom. The average Bonchev–Trinajstić information content (AvgIpc) is 3.54. The fourth-order valence-electron chi connectivity index (χ4n) is 4.51. The molecule has 5 rings (SSSR count). The van der Waals surface area contributed by atoms with Crippen LogP contribution in [0.4, 0.5) is 0 Å². The van der Waals surface area contributed by atoms with Gasteiger partial charge in [0.15, 0.2) is 0 Å². The highest BCUT2D eigenvalue weighted by Gasteiger charge is 2.45. The first-order valence-electron chi connectivity index (χ1n) is 11.3. The molecule has 1 aliphatic carbocycles. The van der Waals surface area contributed by atoms with E-state index in [1.165, 1.54) is 16.7 Å². The number of benzene rings is 3. The average molecular weight is 421 g/mol. The maximum atomic E-state index is 13.6. The van der Waals surface area contributed by atoms with Gasteiger partial charge in [-0.1, -0.05) is 91.0 Å². The zero-order chi connectivity index (χ0) is 21.8. The van der Waals surface area contributed by atoms with Crippen molar-refractivity contribution in [3.8, 4) is 0 Å². The van der Waals surface area contributed by atoms with Gasteiger partial charge >= 0.3 is 0 Å². The van der Waals surface area contributed by atoms with E-state index in [-0.39, 0.29) is 11.8 Å². The smallest absolute Gasteiger partial charge is 0.226 e. The second kappa shape index (κ2) is 9.27. The lowest BCUT2D eigenvalue weighted by molar-refractivity contribution is -0.134. The van der Waals surface area contributed by atoms with Gasteiger partial charge in [-0.05, 0) is 41.2 Å². The van der Waals surface area contributed by atoms with Gasteiger partial charge in [0.25, 0.3) is 0 Å². The molecule has 4 aromatic rings. The quantitative estimate of drug-likeness (QED) is 0.350. The van der Waals surface area contributed by atoms with E-state index in [4.69, 9.17) is 0 Å². The summed E-state index contributed by atoms with van der Waals surface area (Å²) in [5.74, 6) is 0.687. The lowest BCUT2D eigenvalue weighted by atomic mass is 10.1. The lowest BCUT2D eigenvalue weighted by Crippen LogP contribution is -2.32. The Bertz CT molecular complexity index is 1150. The lowest BCUT2D eigenvalue weighted by Gasteiger charge is -2.24. The van der Waals surface area contributed by atoms with E-state index in [1.807, 2.05) is 35.2 Å². The predicted octanol–water partition coefficient (Wildman–Crippen LogP) is 5.87. The highest BCUT2D eigenvalue weighted by Crippen LogP contribution is 2.48. The van der Waals surface area contributed by atoms with E-state index in [0.717, 1.165) is 18.7 Å². The molecule has 1 saturated carbocycles. The standard InChI is InChI=1S/C29H28N2O/c32-29(28-19-27(28)25-15-8-3-9-16-25)31(21-24-13-6-2-7-14-24)22-26-17-10-18-30(26)20-23-11-4-1-5-12-23/h1-18,27-28H,19-22H2/t27-,28-/m0/s1. The molecule has 1 heterocycles. The largest absolute Gasteiger partial charge is 0.345 e. The van der Waals surface area contributed by atoms with E-state index < -0.39 is 0 Å². The third-order valence-electron chi connectivity index (χ3n) is 6.34. The first-order valence-corrected chi connectivity index (χ1v) is 11.3. The molecule has 1 amide bonds. The van der Waals surface area contributed by atoms with E-state index in [9.17, 15) is 4.79 Å². The molecule has 1 aromatic heterocycles. The van der Waals surface area contributed by atoms with Crippen LogP contribution >= 0.6 is 0 Å². The Labute approximate surface area is 189 Å². The minimum absolute atomic E-state index is 0.0821. The Hall–Kier alpha value is -3.59. The molecule has 2 atom stereocenters. The first kappa shape index (κ1) is 20.3. The van der Waals surface area contributed by atoms with Gasteiger partial charge < -0.3 is 9.47 Å². The van der Waals surface area contributed by atoms with E-state index >= 15 is 0 Å². The van der Waals surface area contributed by atoms with Crippen molar-refractivity contribution in [2.24, 2.45) is 5.92 Å². The molecule has 0 radical (unpaired) electrons. The van der Waals surface area contributed by atoms with Crippen LogP contribution in [0.15, 0.2) is 109 Å². The van der Waals surface area contributed by atoms with Gasteiger partial charge in [-0.3, -0.25) is 4.79 Å². The third kappa shape index (κ3) is 4.67. The van der Waals surface area contributed by atoms with Crippen LogP contribution in [0.25, 0.3) is 0 Å². The van der Waals surface area contributed by atoms with Crippen molar-refractivity contribution >= 4 is 5.91 Å². The second-order valence-corrected chi connectivity index (χ2v) is 8.65. The highest BCUT2D eigenvalue weighted by atomic mass is 16.2. The summed E-state index contributed by atoms with van der Waals surface area (Å²) < 4.78 is 2.25. The van der Waals surface area contributed by atoms with Crippen LogP contribution in [0.2, 0.25) is 0 Å². The van der Waals surface area contributed by atoms with Crippen molar-refractivity contribution in [3.05, 3.63) is 132 Å². The monoisotopic (exact) mass is 420 g/mol. The van der Waals surface area contributed by atoms with Gasteiger partial charge in [0.05, 0.1) is 6.54 Å². The van der Waals surface area contributed by atoms with Crippen molar-refractivity contribution in [2.75, 3.05) is 0 Å². The molecule has 32 heavy (non-hydrogen) atoms. The topological polar surface area (TPSA) is 25.2 Å².